The third kappa shape index (κ3) is 3.05. The van der Waals surface area contributed by atoms with Gasteiger partial charge in [-0.3, -0.25) is 10.4 Å². The van der Waals surface area contributed by atoms with E-state index in [9.17, 15) is 0 Å². The average Bonchev–Trinajstić information content (AvgIpc) is 2.49. The predicted molar refractivity (Wildman–Crippen MR) is 86.7 cm³/mol. The van der Waals surface area contributed by atoms with Crippen LogP contribution in [0.5, 0.6) is 0 Å². The fourth-order valence-electron chi connectivity index (χ4n) is 2.12. The summed E-state index contributed by atoms with van der Waals surface area (Å²) in [5.41, 5.74) is 7.18. The summed E-state index contributed by atoms with van der Waals surface area (Å²) in [4.78, 5) is 8.67. The van der Waals surface area contributed by atoms with Gasteiger partial charge in [0, 0.05) is 23.3 Å². The van der Waals surface area contributed by atoms with E-state index in [1.165, 1.54) is 5.56 Å². The summed E-state index contributed by atoms with van der Waals surface area (Å²) >= 11 is 0. The van der Waals surface area contributed by atoms with Crippen molar-refractivity contribution in [3.63, 3.8) is 0 Å². The molecule has 0 spiro atoms. The summed E-state index contributed by atoms with van der Waals surface area (Å²) in [6.45, 7) is 4.09. The number of fused-ring (bicyclic) bond motifs is 1. The molecular weight excluding hydrogens is 260 g/mol. The zero-order valence-corrected chi connectivity index (χ0v) is 12.0. The Morgan fingerprint density at radius 3 is 2.86 bits per heavy atom. The third-order valence-corrected chi connectivity index (χ3v) is 3.23. The van der Waals surface area contributed by atoms with Crippen LogP contribution in [0, 0.1) is 13.8 Å². The van der Waals surface area contributed by atoms with Crippen molar-refractivity contribution in [3.05, 3.63) is 65.5 Å². The highest BCUT2D eigenvalue weighted by Gasteiger charge is 2.02. The van der Waals surface area contributed by atoms with Crippen LogP contribution in [0.4, 0.5) is 5.82 Å². The monoisotopic (exact) mass is 276 g/mol. The molecule has 0 saturated carbocycles. The fourth-order valence-corrected chi connectivity index (χ4v) is 2.12. The highest BCUT2D eigenvalue weighted by atomic mass is 15.3. The number of hydrogen-bond donors (Lipinski definition) is 1. The van der Waals surface area contributed by atoms with Crippen molar-refractivity contribution in [3.8, 4) is 0 Å². The van der Waals surface area contributed by atoms with Gasteiger partial charge in [0.2, 0.25) is 0 Å². The van der Waals surface area contributed by atoms with Crippen LogP contribution in [0.25, 0.3) is 10.9 Å². The molecule has 1 N–H and O–H groups in total. The Kier molecular flexibility index (Phi) is 3.60. The van der Waals surface area contributed by atoms with Crippen LogP contribution in [0.15, 0.2) is 53.9 Å². The molecule has 0 aliphatic heterocycles. The molecule has 0 fully saturated rings. The van der Waals surface area contributed by atoms with Gasteiger partial charge < -0.3 is 0 Å². The topological polar surface area (TPSA) is 50.2 Å². The molecule has 2 heterocycles. The molecule has 0 atom stereocenters. The summed E-state index contributed by atoms with van der Waals surface area (Å²) < 4.78 is 0. The zero-order chi connectivity index (χ0) is 14.7. The Labute approximate surface area is 123 Å². The number of anilines is 1. The predicted octanol–water partition coefficient (Wildman–Crippen LogP) is 3.69. The molecule has 0 aliphatic carbocycles. The van der Waals surface area contributed by atoms with Crippen LogP contribution < -0.4 is 5.43 Å². The first-order valence-corrected chi connectivity index (χ1v) is 6.79. The van der Waals surface area contributed by atoms with E-state index in [1.807, 2.05) is 19.1 Å². The largest absolute Gasteiger partial charge is 0.264 e. The molecule has 1 aromatic carbocycles. The van der Waals surface area contributed by atoms with Gasteiger partial charge in [-0.05, 0) is 43.2 Å². The van der Waals surface area contributed by atoms with Crippen LogP contribution in [0.1, 0.15) is 16.7 Å². The minimum absolute atomic E-state index is 0.772. The number of hydrogen-bond acceptors (Lipinski definition) is 4. The molecule has 4 nitrogen and oxygen atoms in total. The van der Waals surface area contributed by atoms with Gasteiger partial charge in [-0.1, -0.05) is 18.2 Å². The van der Waals surface area contributed by atoms with E-state index < -0.39 is 0 Å². The Bertz CT molecular complexity index is 794. The van der Waals surface area contributed by atoms with Crippen LogP contribution in [0.3, 0.4) is 0 Å². The van der Waals surface area contributed by atoms with Crippen molar-refractivity contribution in [2.24, 2.45) is 5.10 Å². The average molecular weight is 276 g/mol. The minimum Gasteiger partial charge on any atom is -0.264 e. The summed E-state index contributed by atoms with van der Waals surface area (Å²) in [5.74, 6) is 0.772. The second-order valence-corrected chi connectivity index (χ2v) is 5.01. The van der Waals surface area contributed by atoms with Gasteiger partial charge in [0.05, 0.1) is 11.7 Å². The maximum absolute atomic E-state index is 4.63. The highest BCUT2D eigenvalue weighted by Crippen LogP contribution is 2.20. The van der Waals surface area contributed by atoms with Crippen LogP contribution in [-0.4, -0.2) is 16.2 Å². The number of benzene rings is 1. The van der Waals surface area contributed by atoms with Crippen molar-refractivity contribution in [1.29, 1.82) is 0 Å². The Hall–Kier alpha value is -2.75. The molecular formula is C17H16N4. The first-order valence-electron chi connectivity index (χ1n) is 6.79. The standard InChI is InChI=1S/C17H16N4/c1-12-5-6-15-9-13(2)17(20-16(15)8-12)21-19-11-14-4-3-7-18-10-14/h3-11H,1-2H3,(H,20,21). The SMILES string of the molecule is Cc1ccc2cc(C)c(NN=Cc3cccnc3)nc2c1. The molecule has 21 heavy (non-hydrogen) atoms. The van der Waals surface area contributed by atoms with E-state index in [1.54, 1.807) is 18.6 Å². The van der Waals surface area contributed by atoms with Gasteiger partial charge in [0.25, 0.3) is 0 Å². The first-order chi connectivity index (χ1) is 10.2. The third-order valence-electron chi connectivity index (χ3n) is 3.23. The summed E-state index contributed by atoms with van der Waals surface area (Å²) in [6.07, 6.45) is 5.23. The number of nitrogens with one attached hydrogen (secondary N) is 1. The quantitative estimate of drug-likeness (QED) is 0.586. The molecule has 3 aromatic rings. The lowest BCUT2D eigenvalue weighted by atomic mass is 10.1. The summed E-state index contributed by atoms with van der Waals surface area (Å²) in [7, 11) is 0. The second kappa shape index (κ2) is 5.71. The minimum atomic E-state index is 0.772. The first kappa shape index (κ1) is 13.2. The van der Waals surface area contributed by atoms with Crippen LogP contribution in [-0.2, 0) is 0 Å². The lowest BCUT2D eigenvalue weighted by Crippen LogP contribution is -1.97. The maximum atomic E-state index is 4.63. The lowest BCUT2D eigenvalue weighted by Gasteiger charge is -2.07. The Morgan fingerprint density at radius 2 is 2.05 bits per heavy atom. The Balaban J connectivity index is 1.86. The van der Waals surface area contributed by atoms with E-state index in [0.29, 0.717) is 0 Å². The number of rotatable bonds is 3. The molecule has 4 heteroatoms. The molecule has 0 amide bonds. The van der Waals surface area contributed by atoms with E-state index in [0.717, 1.165) is 27.8 Å². The van der Waals surface area contributed by atoms with E-state index in [2.05, 4.69) is 51.7 Å². The highest BCUT2D eigenvalue weighted by molar-refractivity contribution is 5.83. The van der Waals surface area contributed by atoms with Gasteiger partial charge in [0.1, 0.15) is 5.82 Å². The molecule has 3 rings (SSSR count). The van der Waals surface area contributed by atoms with Gasteiger partial charge in [-0.15, -0.1) is 0 Å². The summed E-state index contributed by atoms with van der Waals surface area (Å²) in [5, 5.41) is 5.36. The van der Waals surface area contributed by atoms with Gasteiger partial charge in [-0.2, -0.15) is 5.10 Å². The Morgan fingerprint density at radius 1 is 1.14 bits per heavy atom. The normalized spacial score (nSPS) is 11.1. The summed E-state index contributed by atoms with van der Waals surface area (Å²) in [6, 6.07) is 12.2. The smallest absolute Gasteiger partial charge is 0.149 e. The number of aromatic nitrogens is 2. The van der Waals surface area contributed by atoms with Gasteiger partial charge >= 0.3 is 0 Å². The molecule has 2 aromatic heterocycles. The van der Waals surface area contributed by atoms with E-state index in [-0.39, 0.29) is 0 Å². The van der Waals surface area contributed by atoms with E-state index >= 15 is 0 Å². The zero-order valence-electron chi connectivity index (χ0n) is 12.0. The van der Waals surface area contributed by atoms with Crippen molar-refractivity contribution in [2.45, 2.75) is 13.8 Å². The lowest BCUT2D eigenvalue weighted by molar-refractivity contribution is 1.22. The number of nitrogens with zero attached hydrogens (tertiary/aromatic N) is 3. The van der Waals surface area contributed by atoms with Crippen molar-refractivity contribution in [2.75, 3.05) is 5.43 Å². The molecule has 104 valence electrons. The number of pyridine rings is 2. The van der Waals surface area contributed by atoms with Crippen molar-refractivity contribution >= 4 is 22.9 Å². The fraction of sp³-hybridized carbons (Fsp3) is 0.118. The number of aryl methyl sites for hydroxylation is 2. The molecule has 0 aliphatic rings. The maximum Gasteiger partial charge on any atom is 0.149 e. The van der Waals surface area contributed by atoms with Crippen LogP contribution >= 0.6 is 0 Å². The molecule has 0 radical (unpaired) electrons. The number of hydrazone groups is 1. The molecule has 0 unspecified atom stereocenters. The van der Waals surface area contributed by atoms with Gasteiger partial charge in [-0.25, -0.2) is 4.98 Å². The second-order valence-electron chi connectivity index (χ2n) is 5.01. The molecule has 0 bridgehead atoms. The van der Waals surface area contributed by atoms with Crippen molar-refractivity contribution in [1.82, 2.24) is 9.97 Å². The van der Waals surface area contributed by atoms with Crippen molar-refractivity contribution < 1.29 is 0 Å². The van der Waals surface area contributed by atoms with E-state index in [4.69, 9.17) is 0 Å². The molecule has 0 saturated heterocycles. The van der Waals surface area contributed by atoms with Crippen LogP contribution in [0.2, 0.25) is 0 Å². The van der Waals surface area contributed by atoms with Gasteiger partial charge in [0.15, 0.2) is 0 Å².